The van der Waals surface area contributed by atoms with Gasteiger partial charge in [-0.05, 0) is 31.2 Å². The predicted octanol–water partition coefficient (Wildman–Crippen LogP) is 3.40. The number of hydrogen-bond donors (Lipinski definition) is 1. The molecule has 0 atom stereocenters. The number of hydrogen-bond acceptors (Lipinski definition) is 3. The standard InChI is InChI=1S/C13H11F3N2OS/c1-8-7-20-11(18-8)6-17-12(19)9-2-4-10(5-3-9)13(14,15)16/h2-5,7H,6H2,1H3,(H,17,19). The maximum atomic E-state index is 12.4. The highest BCUT2D eigenvalue weighted by atomic mass is 32.1. The molecule has 0 bridgehead atoms. The van der Waals surface area contributed by atoms with Gasteiger partial charge < -0.3 is 5.32 Å². The molecule has 0 saturated carbocycles. The van der Waals surface area contributed by atoms with Crippen molar-refractivity contribution in [3.8, 4) is 0 Å². The Kier molecular flexibility index (Phi) is 4.08. The van der Waals surface area contributed by atoms with Crippen LogP contribution < -0.4 is 5.32 Å². The van der Waals surface area contributed by atoms with Gasteiger partial charge in [0.05, 0.1) is 12.1 Å². The first-order chi connectivity index (χ1) is 9.36. The molecule has 0 spiro atoms. The van der Waals surface area contributed by atoms with E-state index in [1.807, 2.05) is 12.3 Å². The Bertz CT molecular complexity index is 605. The van der Waals surface area contributed by atoms with Crippen LogP contribution in [0.4, 0.5) is 13.2 Å². The number of nitrogens with one attached hydrogen (secondary N) is 1. The van der Waals surface area contributed by atoms with Gasteiger partial charge in [-0.25, -0.2) is 4.98 Å². The van der Waals surface area contributed by atoms with Crippen molar-refractivity contribution in [1.29, 1.82) is 0 Å². The van der Waals surface area contributed by atoms with Crippen LogP contribution in [0, 0.1) is 6.92 Å². The van der Waals surface area contributed by atoms with E-state index in [9.17, 15) is 18.0 Å². The third-order valence-corrected chi connectivity index (χ3v) is 3.51. The largest absolute Gasteiger partial charge is 0.416 e. The van der Waals surface area contributed by atoms with Gasteiger partial charge in [-0.15, -0.1) is 11.3 Å². The molecule has 2 aromatic rings. The molecular weight excluding hydrogens is 289 g/mol. The summed E-state index contributed by atoms with van der Waals surface area (Å²) in [5.41, 5.74) is 0.282. The summed E-state index contributed by atoms with van der Waals surface area (Å²) in [5.74, 6) is -0.424. The van der Waals surface area contributed by atoms with Gasteiger partial charge in [-0.2, -0.15) is 13.2 Å². The fourth-order valence-electron chi connectivity index (χ4n) is 1.55. The highest BCUT2D eigenvalue weighted by molar-refractivity contribution is 7.09. The monoisotopic (exact) mass is 300 g/mol. The first-order valence-corrected chi connectivity index (χ1v) is 6.60. The van der Waals surface area contributed by atoms with Gasteiger partial charge in [0.15, 0.2) is 0 Å². The van der Waals surface area contributed by atoms with Crippen molar-refractivity contribution >= 4 is 17.2 Å². The zero-order chi connectivity index (χ0) is 14.8. The molecule has 0 radical (unpaired) electrons. The van der Waals surface area contributed by atoms with Crippen LogP contribution in [0.25, 0.3) is 0 Å². The zero-order valence-electron chi connectivity index (χ0n) is 10.5. The number of carbonyl (C=O) groups is 1. The number of aromatic nitrogens is 1. The lowest BCUT2D eigenvalue weighted by molar-refractivity contribution is -0.137. The van der Waals surface area contributed by atoms with E-state index in [1.165, 1.54) is 11.3 Å². The fraction of sp³-hybridized carbons (Fsp3) is 0.231. The van der Waals surface area contributed by atoms with Crippen LogP contribution in [0.1, 0.15) is 26.6 Å². The summed E-state index contributed by atoms with van der Waals surface area (Å²) in [4.78, 5) is 15.9. The van der Waals surface area contributed by atoms with Crippen LogP contribution in [-0.2, 0) is 12.7 Å². The van der Waals surface area contributed by atoms with Crippen LogP contribution >= 0.6 is 11.3 Å². The van der Waals surface area contributed by atoms with Crippen LogP contribution in [0.15, 0.2) is 29.6 Å². The molecule has 1 heterocycles. The molecule has 20 heavy (non-hydrogen) atoms. The SMILES string of the molecule is Cc1csc(CNC(=O)c2ccc(C(F)(F)F)cc2)n1. The molecule has 0 saturated heterocycles. The Balaban J connectivity index is 1.99. The highest BCUT2D eigenvalue weighted by Crippen LogP contribution is 2.29. The minimum absolute atomic E-state index is 0.186. The molecule has 0 fully saturated rings. The van der Waals surface area contributed by atoms with E-state index < -0.39 is 17.6 Å². The van der Waals surface area contributed by atoms with Crippen molar-refractivity contribution in [3.63, 3.8) is 0 Å². The van der Waals surface area contributed by atoms with Crippen molar-refractivity contribution in [3.05, 3.63) is 51.5 Å². The normalized spacial score (nSPS) is 11.4. The molecule has 3 nitrogen and oxygen atoms in total. The maximum absolute atomic E-state index is 12.4. The van der Waals surface area contributed by atoms with Gasteiger partial charge in [0, 0.05) is 16.6 Å². The molecule has 7 heteroatoms. The van der Waals surface area contributed by atoms with E-state index >= 15 is 0 Å². The summed E-state index contributed by atoms with van der Waals surface area (Å²) in [5, 5.41) is 5.23. The second-order valence-corrected chi connectivity index (χ2v) is 5.08. The lowest BCUT2D eigenvalue weighted by Gasteiger charge is -2.07. The van der Waals surface area contributed by atoms with Gasteiger partial charge in [0.2, 0.25) is 0 Å². The summed E-state index contributed by atoms with van der Waals surface area (Å²) >= 11 is 1.42. The number of rotatable bonds is 3. The average Bonchev–Trinajstić information content (AvgIpc) is 2.81. The third kappa shape index (κ3) is 3.57. The third-order valence-electron chi connectivity index (χ3n) is 2.54. The Morgan fingerprint density at radius 3 is 2.45 bits per heavy atom. The lowest BCUT2D eigenvalue weighted by Crippen LogP contribution is -2.22. The highest BCUT2D eigenvalue weighted by Gasteiger charge is 2.30. The molecule has 1 N–H and O–H groups in total. The maximum Gasteiger partial charge on any atom is 0.416 e. The number of benzene rings is 1. The molecule has 106 valence electrons. The van der Waals surface area contributed by atoms with E-state index in [2.05, 4.69) is 10.3 Å². The molecular formula is C13H11F3N2OS. The van der Waals surface area contributed by atoms with Crippen LogP contribution in [0.3, 0.4) is 0 Å². The van der Waals surface area contributed by atoms with Crippen LogP contribution in [0.2, 0.25) is 0 Å². The number of thiazole rings is 1. The molecule has 2 rings (SSSR count). The Morgan fingerprint density at radius 1 is 1.30 bits per heavy atom. The number of aryl methyl sites for hydroxylation is 1. The minimum atomic E-state index is -4.40. The molecule has 0 aliphatic carbocycles. The summed E-state index contributed by atoms with van der Waals surface area (Å²) in [6.07, 6.45) is -4.40. The van der Waals surface area contributed by atoms with Gasteiger partial charge in [-0.3, -0.25) is 4.79 Å². The second kappa shape index (κ2) is 5.62. The van der Waals surface area contributed by atoms with Crippen molar-refractivity contribution in [1.82, 2.24) is 10.3 Å². The van der Waals surface area contributed by atoms with Gasteiger partial charge in [0.25, 0.3) is 5.91 Å². The predicted molar refractivity (Wildman–Crippen MR) is 69.5 cm³/mol. The number of carbonyl (C=O) groups excluding carboxylic acids is 1. The molecule has 0 aliphatic heterocycles. The Hall–Kier alpha value is -1.89. The zero-order valence-corrected chi connectivity index (χ0v) is 11.3. The van der Waals surface area contributed by atoms with E-state index in [0.717, 1.165) is 35.0 Å². The molecule has 0 aliphatic rings. The number of amides is 1. The summed E-state index contributed by atoms with van der Waals surface area (Å²) < 4.78 is 37.2. The number of nitrogens with zero attached hydrogens (tertiary/aromatic N) is 1. The van der Waals surface area contributed by atoms with E-state index in [-0.39, 0.29) is 12.1 Å². The number of alkyl halides is 3. The van der Waals surface area contributed by atoms with Crippen molar-refractivity contribution in [2.24, 2.45) is 0 Å². The Labute approximate surface area is 117 Å². The van der Waals surface area contributed by atoms with Crippen molar-refractivity contribution < 1.29 is 18.0 Å². The Morgan fingerprint density at radius 2 is 1.95 bits per heavy atom. The second-order valence-electron chi connectivity index (χ2n) is 4.14. The summed E-state index contributed by atoms with van der Waals surface area (Å²) in [6, 6.07) is 4.10. The minimum Gasteiger partial charge on any atom is -0.346 e. The van der Waals surface area contributed by atoms with E-state index in [1.54, 1.807) is 0 Å². The van der Waals surface area contributed by atoms with Crippen LogP contribution in [0.5, 0.6) is 0 Å². The molecule has 0 unspecified atom stereocenters. The fourth-order valence-corrected chi connectivity index (χ4v) is 2.26. The van der Waals surface area contributed by atoms with Crippen LogP contribution in [-0.4, -0.2) is 10.9 Å². The van der Waals surface area contributed by atoms with Gasteiger partial charge in [-0.1, -0.05) is 0 Å². The quantitative estimate of drug-likeness (QED) is 0.944. The summed E-state index contributed by atoms with van der Waals surface area (Å²) in [7, 11) is 0. The molecule has 1 amide bonds. The smallest absolute Gasteiger partial charge is 0.346 e. The van der Waals surface area contributed by atoms with Gasteiger partial charge in [0.1, 0.15) is 5.01 Å². The molecule has 1 aromatic heterocycles. The average molecular weight is 300 g/mol. The first-order valence-electron chi connectivity index (χ1n) is 5.73. The van der Waals surface area contributed by atoms with Crippen molar-refractivity contribution in [2.75, 3.05) is 0 Å². The lowest BCUT2D eigenvalue weighted by atomic mass is 10.1. The number of halogens is 3. The summed E-state index contributed by atoms with van der Waals surface area (Å²) in [6.45, 7) is 2.11. The molecule has 1 aromatic carbocycles. The van der Waals surface area contributed by atoms with E-state index in [0.29, 0.717) is 0 Å². The van der Waals surface area contributed by atoms with E-state index in [4.69, 9.17) is 0 Å². The van der Waals surface area contributed by atoms with Gasteiger partial charge >= 0.3 is 6.18 Å². The first kappa shape index (κ1) is 14.5. The topological polar surface area (TPSA) is 42.0 Å². The van der Waals surface area contributed by atoms with Crippen molar-refractivity contribution in [2.45, 2.75) is 19.6 Å².